The number of benzene rings is 11. The van der Waals surface area contributed by atoms with E-state index in [0.29, 0.717) is 17.5 Å². The van der Waals surface area contributed by atoms with Gasteiger partial charge < -0.3 is 4.42 Å². The summed E-state index contributed by atoms with van der Waals surface area (Å²) in [5.41, 5.74) is 8.79. The van der Waals surface area contributed by atoms with Crippen LogP contribution in [0.25, 0.3) is 143 Å². The minimum atomic E-state index is 0.565. The molecule has 0 saturated heterocycles. The molecule has 14 rings (SSSR count). The third-order valence-electron chi connectivity index (χ3n) is 13.4. The van der Waals surface area contributed by atoms with E-state index in [-0.39, 0.29) is 0 Å². The highest BCUT2D eigenvalue weighted by molar-refractivity contribution is 6.37. The molecule has 0 aliphatic carbocycles. The molecule has 0 N–H and O–H groups in total. The number of fused-ring (bicyclic) bond motifs is 5. The van der Waals surface area contributed by atoms with Crippen molar-refractivity contribution in [1.29, 1.82) is 0 Å². The van der Waals surface area contributed by atoms with E-state index >= 15 is 0 Å². The lowest BCUT2D eigenvalue weighted by Gasteiger charge is -2.17. The highest BCUT2D eigenvalue weighted by Crippen LogP contribution is 2.45. The van der Waals surface area contributed by atoms with Crippen LogP contribution in [0.5, 0.6) is 0 Å². The largest absolute Gasteiger partial charge is 0.455 e. The molecule has 0 amide bonds. The molecule has 65 heavy (non-hydrogen) atoms. The number of hydrogen-bond donors (Lipinski definition) is 0. The first-order chi connectivity index (χ1) is 32.2. The Morgan fingerprint density at radius 2 is 0.754 bits per heavy atom. The first-order valence-corrected chi connectivity index (χ1v) is 22.1. The zero-order chi connectivity index (χ0) is 42.6. The van der Waals surface area contributed by atoms with Gasteiger partial charge in [0.2, 0.25) is 0 Å². The average molecular weight is 826 g/mol. The zero-order valence-corrected chi connectivity index (χ0v) is 35.0. The summed E-state index contributed by atoms with van der Waals surface area (Å²) in [6.45, 7) is 0. The van der Waals surface area contributed by atoms with Gasteiger partial charge in [-0.05, 0) is 117 Å². The SMILES string of the molecule is c1ccc(-c2nc(-c3cccc(-c4ccc(-c5cc6ccc7cccc8c9cccc%10ccc%11cccc(c(c5)c6c78)c%11c%109)cc4)c3)nc(-c3cccc4c3oc3ccccc34)n2)cc1. The summed E-state index contributed by atoms with van der Waals surface area (Å²) in [6.07, 6.45) is 0. The van der Waals surface area contributed by atoms with Gasteiger partial charge in [0.05, 0.1) is 5.56 Å². The van der Waals surface area contributed by atoms with E-state index in [1.165, 1.54) is 75.8 Å². The van der Waals surface area contributed by atoms with Crippen molar-refractivity contribution < 1.29 is 4.42 Å². The predicted octanol–water partition coefficient (Wildman–Crippen LogP) is 16.5. The fraction of sp³-hybridized carbons (Fsp3) is 0. The van der Waals surface area contributed by atoms with Gasteiger partial charge in [0.15, 0.2) is 17.5 Å². The lowest BCUT2D eigenvalue weighted by atomic mass is 9.86. The van der Waals surface area contributed by atoms with Crippen LogP contribution < -0.4 is 0 Å². The fourth-order valence-corrected chi connectivity index (χ4v) is 10.4. The summed E-state index contributed by atoms with van der Waals surface area (Å²) < 4.78 is 6.45. The van der Waals surface area contributed by atoms with Gasteiger partial charge in [-0.1, -0.05) is 182 Å². The molecular weight excluding hydrogens is 791 g/mol. The number of nitrogens with zero attached hydrogens (tertiary/aromatic N) is 3. The van der Waals surface area contributed by atoms with Crippen molar-refractivity contribution in [1.82, 2.24) is 15.0 Å². The van der Waals surface area contributed by atoms with Crippen LogP contribution in [-0.4, -0.2) is 15.0 Å². The smallest absolute Gasteiger partial charge is 0.167 e. The molecule has 2 aromatic heterocycles. The highest BCUT2D eigenvalue weighted by atomic mass is 16.3. The predicted molar refractivity (Wildman–Crippen MR) is 271 cm³/mol. The minimum absolute atomic E-state index is 0.565. The van der Waals surface area contributed by atoms with Crippen LogP contribution in [-0.2, 0) is 0 Å². The number of rotatable bonds is 5. The van der Waals surface area contributed by atoms with E-state index < -0.39 is 0 Å². The lowest BCUT2D eigenvalue weighted by molar-refractivity contribution is 0.669. The Kier molecular flexibility index (Phi) is 7.65. The van der Waals surface area contributed by atoms with Gasteiger partial charge in [0, 0.05) is 21.9 Å². The Hall–Kier alpha value is -8.73. The van der Waals surface area contributed by atoms with Crippen LogP contribution in [0.4, 0.5) is 0 Å². The Bertz CT molecular complexity index is 4220. The van der Waals surface area contributed by atoms with Crippen LogP contribution in [0, 0.1) is 0 Å². The van der Waals surface area contributed by atoms with Crippen LogP contribution in [0.2, 0.25) is 0 Å². The quantitative estimate of drug-likeness (QED) is 0.162. The number of hydrogen-bond acceptors (Lipinski definition) is 4. The molecule has 2 heterocycles. The maximum absolute atomic E-state index is 6.45. The minimum Gasteiger partial charge on any atom is -0.455 e. The topological polar surface area (TPSA) is 51.8 Å². The van der Waals surface area contributed by atoms with Crippen molar-refractivity contribution in [2.24, 2.45) is 0 Å². The van der Waals surface area contributed by atoms with Crippen molar-refractivity contribution in [2.75, 3.05) is 0 Å². The van der Waals surface area contributed by atoms with Gasteiger partial charge in [0.1, 0.15) is 11.2 Å². The summed E-state index contributed by atoms with van der Waals surface area (Å²) in [7, 11) is 0. The van der Waals surface area contributed by atoms with Gasteiger partial charge in [-0.2, -0.15) is 0 Å². The van der Waals surface area contributed by atoms with E-state index in [9.17, 15) is 0 Å². The van der Waals surface area contributed by atoms with Crippen LogP contribution in [0.3, 0.4) is 0 Å². The standard InChI is InChI=1S/C61H35N3O/c1-2-11-41(12-3-1)59-62-60(64-61(63-59)51-23-10-22-50-46-18-4-5-24-53(46)65-58(50)51)44-17-6-16-42(33-44)36-25-27-37(28-26-36)45-34-43-32-31-40-14-8-20-48-47-19-7-13-38-29-30-39-15-9-21-49(56(39)54(38)47)52(35-45)57(43)55(40)48/h1-35H. The number of furan rings is 1. The lowest BCUT2D eigenvalue weighted by Crippen LogP contribution is -2.00. The Labute approximate surface area is 373 Å². The Balaban J connectivity index is 0.902. The second-order valence-corrected chi connectivity index (χ2v) is 17.1. The summed E-state index contributed by atoms with van der Waals surface area (Å²) in [4.78, 5) is 15.3. The molecule has 0 aliphatic heterocycles. The van der Waals surface area contributed by atoms with Crippen molar-refractivity contribution in [3.05, 3.63) is 212 Å². The zero-order valence-electron chi connectivity index (χ0n) is 35.0. The monoisotopic (exact) mass is 825 g/mol. The maximum atomic E-state index is 6.45. The molecule has 0 aliphatic rings. The van der Waals surface area contributed by atoms with E-state index in [4.69, 9.17) is 19.4 Å². The molecule has 300 valence electrons. The summed E-state index contributed by atoms with van der Waals surface area (Å²) >= 11 is 0. The first-order valence-electron chi connectivity index (χ1n) is 22.1. The van der Waals surface area contributed by atoms with Crippen molar-refractivity contribution in [3.63, 3.8) is 0 Å². The average Bonchev–Trinajstić information content (AvgIpc) is 3.76. The van der Waals surface area contributed by atoms with Crippen molar-refractivity contribution in [3.8, 4) is 56.4 Å². The van der Waals surface area contributed by atoms with E-state index in [0.717, 1.165) is 49.8 Å². The normalized spacial score (nSPS) is 12.0. The molecule has 0 saturated carbocycles. The van der Waals surface area contributed by atoms with Gasteiger partial charge in [-0.15, -0.1) is 0 Å². The molecule has 4 heteroatoms. The van der Waals surface area contributed by atoms with E-state index in [1.54, 1.807) is 0 Å². The highest BCUT2D eigenvalue weighted by Gasteiger charge is 2.19. The Morgan fingerprint density at radius 3 is 1.46 bits per heavy atom. The van der Waals surface area contributed by atoms with Crippen LogP contribution in [0.15, 0.2) is 217 Å². The number of aromatic nitrogens is 3. The van der Waals surface area contributed by atoms with E-state index in [2.05, 4.69) is 152 Å². The molecule has 0 radical (unpaired) electrons. The summed E-state index contributed by atoms with van der Waals surface area (Å²) in [5.74, 6) is 1.77. The first kappa shape index (κ1) is 35.8. The van der Waals surface area contributed by atoms with Gasteiger partial charge in [-0.3, -0.25) is 0 Å². The second-order valence-electron chi connectivity index (χ2n) is 17.1. The summed E-state index contributed by atoms with van der Waals surface area (Å²) in [5, 5.41) is 17.5. The molecule has 0 atom stereocenters. The second kappa shape index (κ2) is 13.9. The van der Waals surface area contributed by atoms with Gasteiger partial charge in [-0.25, -0.2) is 15.0 Å². The third kappa shape index (κ3) is 5.54. The van der Waals surface area contributed by atoms with Crippen LogP contribution in [0.1, 0.15) is 0 Å². The molecule has 4 nitrogen and oxygen atoms in total. The Morgan fingerprint density at radius 1 is 0.262 bits per heavy atom. The van der Waals surface area contributed by atoms with Crippen LogP contribution >= 0.6 is 0 Å². The fourth-order valence-electron chi connectivity index (χ4n) is 10.4. The van der Waals surface area contributed by atoms with E-state index in [1.807, 2.05) is 60.7 Å². The number of para-hydroxylation sites is 2. The molecule has 0 bridgehead atoms. The summed E-state index contributed by atoms with van der Waals surface area (Å²) in [6, 6.07) is 76.1. The molecule has 14 aromatic rings. The molecule has 0 fully saturated rings. The van der Waals surface area contributed by atoms with Gasteiger partial charge >= 0.3 is 0 Å². The van der Waals surface area contributed by atoms with Crippen molar-refractivity contribution in [2.45, 2.75) is 0 Å². The molecule has 0 unspecified atom stereocenters. The molecular formula is C61H35N3O. The molecule has 0 spiro atoms. The maximum Gasteiger partial charge on any atom is 0.167 e. The third-order valence-corrected chi connectivity index (χ3v) is 13.4. The van der Waals surface area contributed by atoms with Gasteiger partial charge in [0.25, 0.3) is 0 Å². The van der Waals surface area contributed by atoms with Crippen molar-refractivity contribution >= 4 is 86.6 Å². The molecule has 12 aromatic carbocycles.